The number of hydrogen-bond donors (Lipinski definition) is 0. The van der Waals surface area contributed by atoms with Crippen LogP contribution in [-0.2, 0) is 12.8 Å². The quantitative estimate of drug-likeness (QED) is 0.704. The van der Waals surface area contributed by atoms with Gasteiger partial charge in [0.25, 0.3) is 0 Å². The van der Waals surface area contributed by atoms with E-state index in [4.69, 9.17) is 5.26 Å². The molecule has 0 amide bonds. The third kappa shape index (κ3) is 1.86. The summed E-state index contributed by atoms with van der Waals surface area (Å²) in [5.41, 5.74) is 0. The number of aryl methyl sites for hydroxylation is 2. The van der Waals surface area contributed by atoms with Gasteiger partial charge in [-0.15, -0.1) is 0 Å². The van der Waals surface area contributed by atoms with Crippen molar-refractivity contribution in [2.45, 2.75) is 39.7 Å². The maximum Gasteiger partial charge on any atom is 0.150 e. The van der Waals surface area contributed by atoms with Crippen LogP contribution in [0.4, 0.5) is 0 Å². The van der Waals surface area contributed by atoms with Crippen molar-refractivity contribution >= 4 is 0 Å². The largest absolute Gasteiger partial charge is 0.233 e. The van der Waals surface area contributed by atoms with E-state index in [9.17, 15) is 0 Å². The summed E-state index contributed by atoms with van der Waals surface area (Å²) in [7, 11) is 0. The van der Waals surface area contributed by atoms with E-state index in [-0.39, 0.29) is 6.04 Å². The topological polar surface area (TPSA) is 54.5 Å². The van der Waals surface area contributed by atoms with Crippen LogP contribution in [-0.4, -0.2) is 14.8 Å². The molecule has 0 aliphatic rings. The number of rotatable bonds is 3. The first kappa shape index (κ1) is 9.72. The van der Waals surface area contributed by atoms with E-state index in [1.165, 1.54) is 0 Å². The second-order valence-corrected chi connectivity index (χ2v) is 2.90. The van der Waals surface area contributed by atoms with Crippen LogP contribution >= 0.6 is 0 Å². The van der Waals surface area contributed by atoms with Crippen LogP contribution in [0.1, 0.15) is 38.5 Å². The maximum atomic E-state index is 8.75. The second-order valence-electron chi connectivity index (χ2n) is 2.90. The summed E-state index contributed by atoms with van der Waals surface area (Å²) in [6, 6.07) is 1.93. The lowest BCUT2D eigenvalue weighted by atomic mass is 10.3. The van der Waals surface area contributed by atoms with Gasteiger partial charge in [-0.1, -0.05) is 13.8 Å². The van der Waals surface area contributed by atoms with Crippen molar-refractivity contribution in [3.8, 4) is 6.07 Å². The molecule has 0 spiro atoms. The van der Waals surface area contributed by atoms with Gasteiger partial charge in [0, 0.05) is 12.8 Å². The molecule has 1 unspecified atom stereocenters. The third-order valence-corrected chi connectivity index (χ3v) is 1.93. The van der Waals surface area contributed by atoms with Crippen molar-refractivity contribution in [2.75, 3.05) is 0 Å². The Morgan fingerprint density at radius 3 is 2.62 bits per heavy atom. The fourth-order valence-electron chi connectivity index (χ4n) is 1.16. The van der Waals surface area contributed by atoms with Gasteiger partial charge in [0.05, 0.1) is 6.07 Å². The molecule has 0 N–H and O–H groups in total. The maximum absolute atomic E-state index is 8.75. The number of aromatic nitrogens is 3. The minimum atomic E-state index is -0.220. The van der Waals surface area contributed by atoms with Gasteiger partial charge < -0.3 is 0 Å². The van der Waals surface area contributed by atoms with Crippen molar-refractivity contribution < 1.29 is 0 Å². The Morgan fingerprint density at radius 2 is 2.15 bits per heavy atom. The SMILES string of the molecule is CCc1nc(CC)n(C(C)C#N)n1. The normalized spacial score (nSPS) is 12.5. The van der Waals surface area contributed by atoms with Crippen LogP contribution in [0.25, 0.3) is 0 Å². The lowest BCUT2D eigenvalue weighted by Gasteiger charge is -2.04. The summed E-state index contributed by atoms with van der Waals surface area (Å²) < 4.78 is 1.71. The van der Waals surface area contributed by atoms with Crippen molar-refractivity contribution in [1.29, 1.82) is 5.26 Å². The molecule has 1 aromatic rings. The van der Waals surface area contributed by atoms with Crippen LogP contribution in [0, 0.1) is 11.3 Å². The summed E-state index contributed by atoms with van der Waals surface area (Å²) >= 11 is 0. The van der Waals surface area contributed by atoms with Crippen LogP contribution < -0.4 is 0 Å². The molecule has 0 radical (unpaired) electrons. The third-order valence-electron chi connectivity index (χ3n) is 1.93. The first-order chi connectivity index (χ1) is 6.22. The van der Waals surface area contributed by atoms with Crippen molar-refractivity contribution in [3.63, 3.8) is 0 Å². The fourth-order valence-corrected chi connectivity index (χ4v) is 1.16. The molecule has 0 aliphatic heterocycles. The molecule has 0 aliphatic carbocycles. The Labute approximate surface area is 78.2 Å². The Morgan fingerprint density at radius 1 is 1.46 bits per heavy atom. The Kier molecular flexibility index (Phi) is 3.02. The molecular weight excluding hydrogens is 164 g/mol. The molecule has 1 heterocycles. The minimum Gasteiger partial charge on any atom is -0.233 e. The molecule has 1 aromatic heterocycles. The Balaban J connectivity index is 3.05. The van der Waals surface area contributed by atoms with Gasteiger partial charge in [0.15, 0.2) is 5.82 Å². The van der Waals surface area contributed by atoms with E-state index in [2.05, 4.69) is 16.2 Å². The van der Waals surface area contributed by atoms with Gasteiger partial charge in [-0.05, 0) is 6.92 Å². The molecule has 70 valence electrons. The number of nitrogens with zero attached hydrogens (tertiary/aromatic N) is 4. The molecule has 0 bridgehead atoms. The molecule has 4 heteroatoms. The van der Waals surface area contributed by atoms with Crippen LogP contribution in [0.3, 0.4) is 0 Å². The standard InChI is InChI=1S/C9H14N4/c1-4-8-11-9(5-2)13(12-8)7(3)6-10/h7H,4-5H2,1-3H3. The summed E-state index contributed by atoms with van der Waals surface area (Å²) in [5, 5.41) is 13.0. The summed E-state index contributed by atoms with van der Waals surface area (Å²) in [6.07, 6.45) is 1.64. The zero-order valence-corrected chi connectivity index (χ0v) is 8.28. The lowest BCUT2D eigenvalue weighted by molar-refractivity contribution is 0.556. The van der Waals surface area contributed by atoms with Gasteiger partial charge in [-0.2, -0.15) is 10.4 Å². The highest BCUT2D eigenvalue weighted by atomic mass is 15.4. The van der Waals surface area contributed by atoms with E-state index >= 15 is 0 Å². The summed E-state index contributed by atoms with van der Waals surface area (Å²) in [6.45, 7) is 5.85. The van der Waals surface area contributed by atoms with Crippen LogP contribution in [0.2, 0.25) is 0 Å². The lowest BCUT2D eigenvalue weighted by Crippen LogP contribution is -2.08. The highest BCUT2D eigenvalue weighted by Crippen LogP contribution is 2.08. The van der Waals surface area contributed by atoms with Gasteiger partial charge in [-0.25, -0.2) is 9.67 Å². The molecule has 13 heavy (non-hydrogen) atoms. The average Bonchev–Trinajstić information content (AvgIpc) is 2.59. The van der Waals surface area contributed by atoms with Gasteiger partial charge in [0.2, 0.25) is 0 Å². The average molecular weight is 178 g/mol. The predicted octanol–water partition coefficient (Wildman–Crippen LogP) is 1.49. The zero-order valence-electron chi connectivity index (χ0n) is 8.28. The number of nitriles is 1. The molecule has 1 rings (SSSR count). The van der Waals surface area contributed by atoms with E-state index in [0.717, 1.165) is 24.5 Å². The minimum absolute atomic E-state index is 0.220. The first-order valence-electron chi connectivity index (χ1n) is 4.56. The monoisotopic (exact) mass is 178 g/mol. The van der Waals surface area contributed by atoms with Crippen LogP contribution in [0.5, 0.6) is 0 Å². The van der Waals surface area contributed by atoms with Crippen molar-refractivity contribution in [1.82, 2.24) is 14.8 Å². The zero-order chi connectivity index (χ0) is 9.84. The number of hydrogen-bond acceptors (Lipinski definition) is 3. The van der Waals surface area contributed by atoms with Crippen molar-refractivity contribution in [2.24, 2.45) is 0 Å². The van der Waals surface area contributed by atoms with E-state index < -0.39 is 0 Å². The van der Waals surface area contributed by atoms with E-state index in [1.807, 2.05) is 20.8 Å². The first-order valence-corrected chi connectivity index (χ1v) is 4.56. The second kappa shape index (κ2) is 4.04. The van der Waals surface area contributed by atoms with Crippen molar-refractivity contribution in [3.05, 3.63) is 11.6 Å². The predicted molar refractivity (Wildman–Crippen MR) is 49.1 cm³/mol. The Hall–Kier alpha value is -1.37. The summed E-state index contributed by atoms with van der Waals surface area (Å²) in [4.78, 5) is 4.32. The highest BCUT2D eigenvalue weighted by molar-refractivity contribution is 4.98. The highest BCUT2D eigenvalue weighted by Gasteiger charge is 2.11. The summed E-state index contributed by atoms with van der Waals surface area (Å²) in [5.74, 6) is 1.71. The van der Waals surface area contributed by atoms with E-state index in [1.54, 1.807) is 4.68 Å². The Bertz CT molecular complexity index is 321. The molecule has 4 nitrogen and oxygen atoms in total. The molecule has 1 atom stereocenters. The molecule has 0 saturated heterocycles. The van der Waals surface area contributed by atoms with Gasteiger partial charge in [-0.3, -0.25) is 0 Å². The van der Waals surface area contributed by atoms with Crippen LogP contribution in [0.15, 0.2) is 0 Å². The smallest absolute Gasteiger partial charge is 0.150 e. The van der Waals surface area contributed by atoms with Gasteiger partial charge in [0.1, 0.15) is 11.9 Å². The molecule has 0 fully saturated rings. The fraction of sp³-hybridized carbons (Fsp3) is 0.667. The molecular formula is C9H14N4. The molecule has 0 aromatic carbocycles. The molecule has 0 saturated carbocycles. The van der Waals surface area contributed by atoms with Gasteiger partial charge >= 0.3 is 0 Å². The van der Waals surface area contributed by atoms with E-state index in [0.29, 0.717) is 0 Å².